The molecule has 2 aliphatic rings. The first-order valence-electron chi connectivity index (χ1n) is 9.09. The number of hydrogen-bond acceptors (Lipinski definition) is 8. The Bertz CT molecular complexity index is 1020. The van der Waals surface area contributed by atoms with Crippen LogP contribution in [0.4, 0.5) is 0 Å². The molecule has 0 unspecified atom stereocenters. The summed E-state index contributed by atoms with van der Waals surface area (Å²) < 4.78 is 10.7. The third kappa shape index (κ3) is 4.23. The van der Waals surface area contributed by atoms with E-state index >= 15 is 0 Å². The maximum atomic E-state index is 12.4. The number of aliphatic hydroxyl groups excluding tert-OH is 1. The predicted octanol–water partition coefficient (Wildman–Crippen LogP) is 3.35. The average Bonchev–Trinajstić information content (AvgIpc) is 3.00. The van der Waals surface area contributed by atoms with Crippen LogP contribution in [-0.2, 0) is 14.3 Å². The number of β-lactam (4-membered cyclic amide) rings is 1. The van der Waals surface area contributed by atoms with Gasteiger partial charge >= 0.3 is 5.97 Å². The average molecular weight is 444 g/mol. The maximum absolute atomic E-state index is 12.4. The summed E-state index contributed by atoms with van der Waals surface area (Å²) in [6, 6.07) is 15.9. The van der Waals surface area contributed by atoms with Crippen molar-refractivity contribution in [1.82, 2.24) is 4.90 Å². The minimum absolute atomic E-state index is 0.0121. The summed E-state index contributed by atoms with van der Waals surface area (Å²) >= 11 is 2.38. The lowest BCUT2D eigenvalue weighted by Crippen LogP contribution is -2.48. The summed E-state index contributed by atoms with van der Waals surface area (Å²) in [5.74, 6) is -0.618. The number of rotatable bonds is 6. The van der Waals surface area contributed by atoms with Crippen LogP contribution in [0.2, 0.25) is 0 Å². The molecule has 154 valence electrons. The molecular weight excluding hydrogens is 426 g/mol. The lowest BCUT2D eigenvalue weighted by atomic mass is 10.2. The van der Waals surface area contributed by atoms with Gasteiger partial charge in [-0.2, -0.15) is 0 Å². The summed E-state index contributed by atoms with van der Waals surface area (Å²) in [7, 11) is 0. The molecule has 7 nitrogen and oxygen atoms in total. The molecule has 1 fully saturated rings. The third-order valence-electron chi connectivity index (χ3n) is 4.31. The molecular formula is C21H17NO6S2. The molecule has 0 bridgehead atoms. The highest BCUT2D eigenvalue weighted by Crippen LogP contribution is 2.47. The zero-order chi connectivity index (χ0) is 21.3. The number of ether oxygens (including phenoxy) is 2. The summed E-state index contributed by atoms with van der Waals surface area (Å²) in [6.45, 7) is 1.31. The second-order valence-corrected chi connectivity index (χ2v) is 8.71. The molecule has 1 N–H and O–H groups in total. The van der Waals surface area contributed by atoms with Crippen LogP contribution in [0, 0.1) is 0 Å². The molecule has 30 heavy (non-hydrogen) atoms. The van der Waals surface area contributed by atoms with E-state index in [0.717, 1.165) is 16.7 Å². The first-order valence-corrected chi connectivity index (χ1v) is 10.8. The molecule has 2 heterocycles. The Balaban J connectivity index is 1.49. The van der Waals surface area contributed by atoms with Crippen LogP contribution in [0.5, 0.6) is 5.75 Å². The SMILES string of the molecule is C[C@H](O)OC(=O)C1=C(Oc2ccc(C(=O)Sc3ccccc3)cc2)S[C@@H]2CC(=O)N12. The molecule has 2 atom stereocenters. The third-order valence-corrected chi connectivity index (χ3v) is 6.38. The van der Waals surface area contributed by atoms with Crippen LogP contribution in [0.3, 0.4) is 0 Å². The second-order valence-electron chi connectivity index (χ2n) is 6.51. The van der Waals surface area contributed by atoms with E-state index in [1.165, 1.54) is 23.6 Å². The molecule has 1 saturated heterocycles. The van der Waals surface area contributed by atoms with Gasteiger partial charge in [-0.05, 0) is 55.1 Å². The van der Waals surface area contributed by atoms with Crippen LogP contribution in [0.25, 0.3) is 0 Å². The Labute approximate surface area is 181 Å². The molecule has 2 aromatic rings. The molecule has 0 aromatic heterocycles. The highest BCUT2D eigenvalue weighted by Gasteiger charge is 2.50. The van der Waals surface area contributed by atoms with Crippen molar-refractivity contribution in [3.8, 4) is 5.75 Å². The van der Waals surface area contributed by atoms with E-state index in [4.69, 9.17) is 9.47 Å². The minimum atomic E-state index is -1.31. The fourth-order valence-corrected chi connectivity index (χ4v) is 4.91. The van der Waals surface area contributed by atoms with Gasteiger partial charge in [0.05, 0.1) is 11.8 Å². The van der Waals surface area contributed by atoms with Crippen molar-refractivity contribution in [1.29, 1.82) is 0 Å². The number of nitrogens with zero attached hydrogens (tertiary/aromatic N) is 1. The Morgan fingerprint density at radius 1 is 1.17 bits per heavy atom. The van der Waals surface area contributed by atoms with Gasteiger partial charge in [0.15, 0.2) is 17.1 Å². The van der Waals surface area contributed by atoms with Crippen LogP contribution < -0.4 is 4.74 Å². The van der Waals surface area contributed by atoms with Gasteiger partial charge in [-0.15, -0.1) is 0 Å². The standard InChI is InChI=1S/C21H17NO6S2/c1-12(23)27-19(25)18-21(30-17-11-16(24)22(17)18)28-14-9-7-13(8-10-14)20(26)29-15-5-3-2-4-6-15/h2-10,12,17,23H,11H2,1H3/t12-,17-/m1/s1. The van der Waals surface area contributed by atoms with E-state index in [1.807, 2.05) is 30.3 Å². The van der Waals surface area contributed by atoms with Gasteiger partial charge in [-0.25, -0.2) is 4.79 Å². The number of fused-ring (bicyclic) bond motifs is 1. The van der Waals surface area contributed by atoms with Crippen molar-refractivity contribution >= 4 is 40.5 Å². The molecule has 0 aliphatic carbocycles. The van der Waals surface area contributed by atoms with E-state index < -0.39 is 12.3 Å². The van der Waals surface area contributed by atoms with Crippen LogP contribution in [0.1, 0.15) is 23.7 Å². The van der Waals surface area contributed by atoms with Gasteiger partial charge in [0.25, 0.3) is 0 Å². The van der Waals surface area contributed by atoms with E-state index in [1.54, 1.807) is 24.3 Å². The normalized spacial score (nSPS) is 18.5. The highest BCUT2D eigenvalue weighted by atomic mass is 32.2. The fourth-order valence-electron chi connectivity index (χ4n) is 2.91. The zero-order valence-electron chi connectivity index (χ0n) is 15.8. The van der Waals surface area contributed by atoms with Gasteiger partial charge in [-0.3, -0.25) is 14.5 Å². The van der Waals surface area contributed by atoms with Crippen molar-refractivity contribution in [2.45, 2.75) is 29.9 Å². The van der Waals surface area contributed by atoms with E-state index in [-0.39, 0.29) is 27.2 Å². The number of aliphatic hydroxyl groups is 1. The van der Waals surface area contributed by atoms with Crippen molar-refractivity contribution in [3.63, 3.8) is 0 Å². The number of carbonyl (C=O) groups is 3. The first-order chi connectivity index (χ1) is 14.4. The van der Waals surface area contributed by atoms with Crippen molar-refractivity contribution in [2.75, 3.05) is 0 Å². The van der Waals surface area contributed by atoms with E-state index in [9.17, 15) is 19.5 Å². The largest absolute Gasteiger partial charge is 0.448 e. The minimum Gasteiger partial charge on any atom is -0.448 e. The smallest absolute Gasteiger partial charge is 0.361 e. The summed E-state index contributed by atoms with van der Waals surface area (Å²) in [6.07, 6.45) is -1.01. The molecule has 0 saturated carbocycles. The molecule has 0 spiro atoms. The predicted molar refractivity (Wildman–Crippen MR) is 111 cm³/mol. The zero-order valence-corrected chi connectivity index (χ0v) is 17.4. The highest BCUT2D eigenvalue weighted by molar-refractivity contribution is 8.14. The van der Waals surface area contributed by atoms with Crippen molar-refractivity contribution in [2.24, 2.45) is 0 Å². The van der Waals surface area contributed by atoms with Crippen molar-refractivity contribution in [3.05, 3.63) is 70.9 Å². The van der Waals surface area contributed by atoms with Gasteiger partial charge < -0.3 is 14.6 Å². The Morgan fingerprint density at radius 3 is 2.50 bits per heavy atom. The fraction of sp³-hybridized carbons (Fsp3) is 0.190. The summed E-state index contributed by atoms with van der Waals surface area (Å²) in [5.41, 5.74) is 0.499. The number of benzene rings is 2. The van der Waals surface area contributed by atoms with Crippen molar-refractivity contribution < 1.29 is 29.0 Å². The Kier molecular flexibility index (Phi) is 5.85. The van der Waals surface area contributed by atoms with Crippen LogP contribution in [0.15, 0.2) is 70.3 Å². The Hall–Kier alpha value is -2.75. The Morgan fingerprint density at radius 2 is 1.87 bits per heavy atom. The van der Waals surface area contributed by atoms with Gasteiger partial charge in [-0.1, -0.05) is 30.0 Å². The number of esters is 1. The summed E-state index contributed by atoms with van der Waals surface area (Å²) in [5, 5.41) is 9.25. The number of carbonyl (C=O) groups excluding carboxylic acids is 3. The van der Waals surface area contributed by atoms with Gasteiger partial charge in [0, 0.05) is 10.5 Å². The lowest BCUT2D eigenvalue weighted by Gasteiger charge is -2.33. The number of thioether (sulfide) groups is 2. The number of amides is 1. The van der Waals surface area contributed by atoms with Crippen LogP contribution in [-0.4, -0.2) is 38.7 Å². The molecule has 2 aliphatic heterocycles. The van der Waals surface area contributed by atoms with Gasteiger partial charge in [0.2, 0.25) is 11.0 Å². The first kappa shape index (κ1) is 20.5. The number of hydrogen-bond donors (Lipinski definition) is 1. The molecule has 0 radical (unpaired) electrons. The molecule has 1 amide bonds. The monoisotopic (exact) mass is 443 g/mol. The lowest BCUT2D eigenvalue weighted by molar-refractivity contribution is -0.165. The summed E-state index contributed by atoms with van der Waals surface area (Å²) in [4.78, 5) is 38.8. The molecule has 9 heteroatoms. The van der Waals surface area contributed by atoms with E-state index in [0.29, 0.717) is 17.7 Å². The van der Waals surface area contributed by atoms with Gasteiger partial charge in [0.1, 0.15) is 5.75 Å². The molecule has 4 rings (SSSR count). The quantitative estimate of drug-likeness (QED) is 0.314. The topological polar surface area (TPSA) is 93.1 Å². The second kappa shape index (κ2) is 8.55. The van der Waals surface area contributed by atoms with Crippen LogP contribution >= 0.6 is 23.5 Å². The van der Waals surface area contributed by atoms with E-state index in [2.05, 4.69) is 0 Å². The maximum Gasteiger partial charge on any atom is 0.361 e. The molecule has 2 aromatic carbocycles.